The number of imidazole rings is 1. The molecule has 2 aromatic carbocycles. The molecule has 0 radical (unpaired) electrons. The molecule has 1 aliphatic rings. The largest absolute Gasteiger partial charge is 0.490 e. The number of aliphatic carboxylic acids is 1. The normalized spacial score (nSPS) is 14.9. The highest BCUT2D eigenvalue weighted by Gasteiger charge is 2.38. The molecule has 0 aliphatic carbocycles. The zero-order chi connectivity index (χ0) is 35.8. The van der Waals surface area contributed by atoms with E-state index in [1.807, 2.05) is 58.1 Å². The first-order valence-corrected chi connectivity index (χ1v) is 18.3. The number of carboxylic acids is 1. The number of nitrogens with one attached hydrogen (secondary N) is 1. The Hall–Kier alpha value is -4.28. The minimum Gasteiger partial charge on any atom is -0.475 e. The van der Waals surface area contributed by atoms with Gasteiger partial charge in [0.15, 0.2) is 14.8 Å². The molecule has 49 heavy (non-hydrogen) atoms. The van der Waals surface area contributed by atoms with Crippen LogP contribution < -0.4 is 5.32 Å². The molecule has 3 heterocycles. The maximum Gasteiger partial charge on any atom is 0.490 e. The van der Waals surface area contributed by atoms with Gasteiger partial charge in [0.25, 0.3) is 5.91 Å². The SMILES string of the molecule is CCN(C(=O)Cc1ccc(S(C)(=O)=O)cc1)C1CCN(CC[C@H](NC(=O)c2cn3ccsc3n2)c2ccccc2)CC1.O=C(O)C(F)(F)F. The van der Waals surface area contributed by atoms with E-state index in [2.05, 4.69) is 15.2 Å². The first-order chi connectivity index (χ1) is 23.2. The molecule has 2 N–H and O–H groups in total. The van der Waals surface area contributed by atoms with Crippen molar-refractivity contribution in [3.05, 3.63) is 89.2 Å². The van der Waals surface area contributed by atoms with Crippen molar-refractivity contribution in [3.8, 4) is 0 Å². The molecule has 5 rings (SSSR count). The molecule has 1 fully saturated rings. The van der Waals surface area contributed by atoms with Crippen molar-refractivity contribution in [2.75, 3.05) is 32.4 Å². The molecule has 1 atom stereocenters. The summed E-state index contributed by atoms with van der Waals surface area (Å²) in [5, 5.41) is 12.3. The molecule has 2 aromatic heterocycles. The van der Waals surface area contributed by atoms with E-state index in [-0.39, 0.29) is 35.2 Å². The third kappa shape index (κ3) is 10.6. The van der Waals surface area contributed by atoms with Crippen molar-refractivity contribution >= 4 is 43.9 Å². The second-order valence-electron chi connectivity index (χ2n) is 11.6. The smallest absolute Gasteiger partial charge is 0.475 e. The monoisotopic (exact) mass is 721 g/mol. The number of fused-ring (bicyclic) bond motifs is 1. The van der Waals surface area contributed by atoms with Gasteiger partial charge >= 0.3 is 12.1 Å². The summed E-state index contributed by atoms with van der Waals surface area (Å²) in [6.45, 7) is 5.24. The van der Waals surface area contributed by atoms with Gasteiger partial charge in [0.1, 0.15) is 5.69 Å². The maximum atomic E-state index is 13.2. The summed E-state index contributed by atoms with van der Waals surface area (Å²) in [6, 6.07) is 16.7. The van der Waals surface area contributed by atoms with Gasteiger partial charge in [-0.1, -0.05) is 42.5 Å². The topological polar surface area (TPSA) is 141 Å². The molecule has 264 valence electrons. The fourth-order valence-electron chi connectivity index (χ4n) is 5.61. The molecule has 4 aromatic rings. The lowest BCUT2D eigenvalue weighted by molar-refractivity contribution is -0.192. The van der Waals surface area contributed by atoms with E-state index in [0.29, 0.717) is 12.2 Å². The summed E-state index contributed by atoms with van der Waals surface area (Å²) in [4.78, 5) is 45.1. The van der Waals surface area contributed by atoms with E-state index in [1.54, 1.807) is 30.5 Å². The number of carbonyl (C=O) groups is 3. The van der Waals surface area contributed by atoms with Gasteiger partial charge in [-0.2, -0.15) is 13.2 Å². The standard InChI is InChI=1S/C31H37N5O4S2.C2HF3O2/c1-3-36(29(37)21-23-9-11-26(12-10-23)42(2,39)40)25-13-16-34(17-14-25)18-15-27(24-7-5-4-6-8-24)32-30(38)28-22-35-19-20-41-31(35)33-28;3-2(4,5)1(6)7/h4-12,19-20,22,25,27H,3,13-18,21H2,1-2H3,(H,32,38);(H,6,7)/t27-;/m0./s1. The highest BCUT2D eigenvalue weighted by atomic mass is 32.2. The quantitative estimate of drug-likeness (QED) is 0.224. The predicted molar refractivity (Wildman–Crippen MR) is 178 cm³/mol. The molecular formula is C33H38F3N5O6S2. The molecule has 16 heteroatoms. The number of hydrogen-bond acceptors (Lipinski definition) is 8. The average molecular weight is 722 g/mol. The summed E-state index contributed by atoms with van der Waals surface area (Å²) < 4.78 is 57.1. The van der Waals surface area contributed by atoms with Crippen molar-refractivity contribution in [2.45, 2.75) is 55.8 Å². The Morgan fingerprint density at radius 2 is 1.71 bits per heavy atom. The van der Waals surface area contributed by atoms with Gasteiger partial charge in [-0.15, -0.1) is 11.3 Å². The van der Waals surface area contributed by atoms with E-state index >= 15 is 0 Å². The van der Waals surface area contributed by atoms with Crippen molar-refractivity contribution in [2.24, 2.45) is 0 Å². The number of benzene rings is 2. The van der Waals surface area contributed by atoms with Crippen LogP contribution in [0.15, 0.2) is 77.3 Å². The molecule has 0 spiro atoms. The molecule has 1 aliphatic heterocycles. The van der Waals surface area contributed by atoms with Gasteiger partial charge in [-0.3, -0.25) is 14.0 Å². The summed E-state index contributed by atoms with van der Waals surface area (Å²) in [5.41, 5.74) is 2.29. The number of carbonyl (C=O) groups excluding carboxylic acids is 2. The summed E-state index contributed by atoms with van der Waals surface area (Å²) >= 11 is 1.50. The summed E-state index contributed by atoms with van der Waals surface area (Å²) in [5.74, 6) is -2.87. The van der Waals surface area contributed by atoms with E-state index in [4.69, 9.17) is 9.90 Å². The first kappa shape index (κ1) is 37.5. The van der Waals surface area contributed by atoms with Crippen molar-refractivity contribution in [1.82, 2.24) is 24.5 Å². The third-order valence-corrected chi connectivity index (χ3v) is 10.1. The number of halogens is 3. The number of amides is 2. The fourth-order valence-corrected chi connectivity index (χ4v) is 6.94. The number of likely N-dealkylation sites (N-methyl/N-ethyl adjacent to an activating group) is 1. The van der Waals surface area contributed by atoms with Gasteiger partial charge in [-0.05, 0) is 49.4 Å². The van der Waals surface area contributed by atoms with Crippen LogP contribution in [0.3, 0.4) is 0 Å². The second kappa shape index (κ2) is 16.4. The van der Waals surface area contributed by atoms with Crippen LogP contribution in [0, 0.1) is 0 Å². The lowest BCUT2D eigenvalue weighted by Gasteiger charge is -2.38. The number of carboxylic acid groups (broad SMARTS) is 1. The van der Waals surface area contributed by atoms with E-state index in [0.717, 1.165) is 55.0 Å². The molecular weight excluding hydrogens is 684 g/mol. The first-order valence-electron chi connectivity index (χ1n) is 15.5. The van der Waals surface area contributed by atoms with Gasteiger partial charge < -0.3 is 20.2 Å². The van der Waals surface area contributed by atoms with Crippen LogP contribution in [0.2, 0.25) is 0 Å². The Kier molecular flexibility index (Phi) is 12.6. The summed E-state index contributed by atoms with van der Waals surface area (Å²) in [7, 11) is -3.26. The fraction of sp³-hybridized carbons (Fsp3) is 0.394. The molecule has 2 amide bonds. The van der Waals surface area contributed by atoms with Crippen LogP contribution in [0.25, 0.3) is 4.96 Å². The van der Waals surface area contributed by atoms with E-state index in [1.165, 1.54) is 17.6 Å². The van der Waals surface area contributed by atoms with Gasteiger partial charge in [-0.25, -0.2) is 18.2 Å². The lowest BCUT2D eigenvalue weighted by Crippen LogP contribution is -2.48. The van der Waals surface area contributed by atoms with E-state index < -0.39 is 22.0 Å². The van der Waals surface area contributed by atoms with E-state index in [9.17, 15) is 31.2 Å². The molecule has 0 bridgehead atoms. The number of thiazole rings is 1. The Morgan fingerprint density at radius 3 is 2.27 bits per heavy atom. The number of alkyl halides is 3. The van der Waals surface area contributed by atoms with Crippen LogP contribution in [0.1, 0.15) is 53.8 Å². The molecule has 11 nitrogen and oxygen atoms in total. The van der Waals surface area contributed by atoms with Crippen molar-refractivity contribution in [1.29, 1.82) is 0 Å². The number of likely N-dealkylation sites (tertiary alicyclic amines) is 1. The van der Waals surface area contributed by atoms with Gasteiger partial charge in [0.05, 0.1) is 17.4 Å². The number of sulfone groups is 1. The Bertz CT molecular complexity index is 1790. The molecule has 0 unspecified atom stereocenters. The number of aromatic nitrogens is 2. The molecule has 1 saturated heterocycles. The zero-order valence-corrected chi connectivity index (χ0v) is 28.6. The van der Waals surface area contributed by atoms with Crippen LogP contribution in [-0.4, -0.2) is 95.1 Å². The number of piperidine rings is 1. The number of hydrogen-bond donors (Lipinski definition) is 2. The third-order valence-electron chi connectivity index (χ3n) is 8.18. The number of nitrogens with zero attached hydrogens (tertiary/aromatic N) is 4. The van der Waals surface area contributed by atoms with Crippen LogP contribution >= 0.6 is 11.3 Å². The number of rotatable bonds is 11. The van der Waals surface area contributed by atoms with Crippen LogP contribution in [0.5, 0.6) is 0 Å². The summed E-state index contributed by atoms with van der Waals surface area (Å²) in [6.07, 6.45) is 2.56. The highest BCUT2D eigenvalue weighted by Crippen LogP contribution is 2.23. The average Bonchev–Trinajstić information content (AvgIpc) is 3.67. The van der Waals surface area contributed by atoms with Crippen LogP contribution in [-0.2, 0) is 25.8 Å². The highest BCUT2D eigenvalue weighted by molar-refractivity contribution is 7.90. The Balaban J connectivity index is 0.000000698. The lowest BCUT2D eigenvalue weighted by atomic mass is 9.99. The van der Waals surface area contributed by atoms with Gasteiger partial charge in [0, 0.05) is 56.3 Å². The minimum atomic E-state index is -5.08. The van der Waals surface area contributed by atoms with Gasteiger partial charge in [0.2, 0.25) is 5.91 Å². The van der Waals surface area contributed by atoms with Crippen molar-refractivity contribution < 1.29 is 41.1 Å². The van der Waals surface area contributed by atoms with Crippen LogP contribution in [0.4, 0.5) is 13.2 Å². The zero-order valence-electron chi connectivity index (χ0n) is 27.0. The second-order valence-corrected chi connectivity index (χ2v) is 14.5. The maximum absolute atomic E-state index is 13.2. The Morgan fingerprint density at radius 1 is 1.08 bits per heavy atom. The Labute approximate surface area is 286 Å². The molecule has 0 saturated carbocycles. The van der Waals surface area contributed by atoms with Crippen molar-refractivity contribution in [3.63, 3.8) is 0 Å². The predicted octanol–water partition coefficient (Wildman–Crippen LogP) is 4.85. The minimum absolute atomic E-state index is 0.0639.